The number of amides is 1. The van der Waals surface area contributed by atoms with E-state index in [1.165, 1.54) is 17.7 Å². The highest BCUT2D eigenvalue weighted by molar-refractivity contribution is 5.94. The Balaban J connectivity index is 1.41. The van der Waals surface area contributed by atoms with Crippen molar-refractivity contribution < 1.29 is 18.0 Å². The molecule has 1 aliphatic heterocycles. The van der Waals surface area contributed by atoms with Gasteiger partial charge < -0.3 is 9.80 Å². The first-order chi connectivity index (χ1) is 15.2. The highest BCUT2D eigenvalue weighted by Gasteiger charge is 2.31. The lowest BCUT2D eigenvalue weighted by Crippen LogP contribution is -2.49. The summed E-state index contributed by atoms with van der Waals surface area (Å²) in [6.07, 6.45) is -4.48. The van der Waals surface area contributed by atoms with E-state index in [0.29, 0.717) is 32.0 Å². The zero-order valence-electron chi connectivity index (χ0n) is 17.9. The third-order valence-electron chi connectivity index (χ3n) is 5.64. The third kappa shape index (κ3) is 4.59. The molecule has 1 aromatic heterocycles. The molecule has 1 fully saturated rings. The number of hydrogen-bond acceptors (Lipinski definition) is 4. The van der Waals surface area contributed by atoms with E-state index in [9.17, 15) is 18.0 Å². The van der Waals surface area contributed by atoms with E-state index in [0.717, 1.165) is 29.0 Å². The van der Waals surface area contributed by atoms with Gasteiger partial charge in [-0.2, -0.15) is 13.2 Å². The van der Waals surface area contributed by atoms with E-state index in [1.807, 2.05) is 43.0 Å². The van der Waals surface area contributed by atoms with Crippen molar-refractivity contribution in [2.75, 3.05) is 31.1 Å². The molecule has 1 aliphatic rings. The zero-order valence-corrected chi connectivity index (χ0v) is 17.9. The second-order valence-corrected chi connectivity index (χ2v) is 7.95. The zero-order chi connectivity index (χ0) is 22.9. The van der Waals surface area contributed by atoms with Crippen LogP contribution < -0.4 is 4.90 Å². The van der Waals surface area contributed by atoms with Crippen LogP contribution in [0.1, 0.15) is 27.0 Å². The number of aryl methyl sites for hydroxylation is 2. The Labute approximate surface area is 184 Å². The highest BCUT2D eigenvalue weighted by atomic mass is 19.4. The maximum atomic E-state index is 12.9. The summed E-state index contributed by atoms with van der Waals surface area (Å²) in [5.74, 6) is 0.316. The lowest BCUT2D eigenvalue weighted by Gasteiger charge is -2.35. The number of hydrogen-bond donors (Lipinski definition) is 0. The van der Waals surface area contributed by atoms with Gasteiger partial charge in [0, 0.05) is 37.3 Å². The van der Waals surface area contributed by atoms with Crippen molar-refractivity contribution in [1.82, 2.24) is 15.1 Å². The Morgan fingerprint density at radius 3 is 2.28 bits per heavy atom. The van der Waals surface area contributed by atoms with Crippen molar-refractivity contribution in [3.05, 3.63) is 76.9 Å². The van der Waals surface area contributed by atoms with Crippen LogP contribution in [-0.2, 0) is 6.18 Å². The Bertz CT molecular complexity index is 1120. The minimum Gasteiger partial charge on any atom is -0.352 e. The van der Waals surface area contributed by atoms with Gasteiger partial charge in [-0.1, -0.05) is 29.8 Å². The van der Waals surface area contributed by atoms with Crippen LogP contribution in [0.5, 0.6) is 0 Å². The molecule has 0 bridgehead atoms. The van der Waals surface area contributed by atoms with Crippen LogP contribution in [0.3, 0.4) is 0 Å². The summed E-state index contributed by atoms with van der Waals surface area (Å²) in [5.41, 5.74) is 3.38. The van der Waals surface area contributed by atoms with Gasteiger partial charge in [-0.15, -0.1) is 10.2 Å². The van der Waals surface area contributed by atoms with E-state index >= 15 is 0 Å². The summed E-state index contributed by atoms with van der Waals surface area (Å²) in [6, 6.07) is 14.6. The number of nitrogens with zero attached hydrogens (tertiary/aromatic N) is 4. The molecule has 1 amide bonds. The lowest BCUT2D eigenvalue weighted by atomic mass is 10.0. The number of aromatic nitrogens is 2. The molecule has 0 saturated carbocycles. The predicted molar refractivity (Wildman–Crippen MR) is 117 cm³/mol. The topological polar surface area (TPSA) is 49.3 Å². The molecule has 3 aromatic rings. The highest BCUT2D eigenvalue weighted by Crippen LogP contribution is 2.30. The molecule has 0 atom stereocenters. The largest absolute Gasteiger partial charge is 0.416 e. The average molecular weight is 440 g/mol. The Morgan fingerprint density at radius 1 is 0.906 bits per heavy atom. The smallest absolute Gasteiger partial charge is 0.352 e. The van der Waals surface area contributed by atoms with Crippen LogP contribution in [0.15, 0.2) is 54.6 Å². The van der Waals surface area contributed by atoms with E-state index in [-0.39, 0.29) is 5.56 Å². The van der Waals surface area contributed by atoms with Gasteiger partial charge in [0.25, 0.3) is 5.91 Å². The van der Waals surface area contributed by atoms with E-state index in [2.05, 4.69) is 16.3 Å². The van der Waals surface area contributed by atoms with Gasteiger partial charge in [0.05, 0.1) is 11.3 Å². The second-order valence-electron chi connectivity index (χ2n) is 7.95. The van der Waals surface area contributed by atoms with Crippen molar-refractivity contribution in [2.24, 2.45) is 0 Å². The standard InChI is InChI=1S/C24H23F3N4O/c1-16-6-7-20(17(2)14-16)21-8-9-22(29-28-21)30-10-12-31(13-11-30)23(32)18-4-3-5-19(15-18)24(25,26)27/h3-9,14-15H,10-13H2,1-2H3. The van der Waals surface area contributed by atoms with Gasteiger partial charge in [0.2, 0.25) is 0 Å². The first-order valence-electron chi connectivity index (χ1n) is 10.4. The Morgan fingerprint density at radius 2 is 1.66 bits per heavy atom. The number of carbonyl (C=O) groups is 1. The first-order valence-corrected chi connectivity index (χ1v) is 10.4. The number of rotatable bonds is 3. The maximum Gasteiger partial charge on any atom is 0.416 e. The molecular formula is C24H23F3N4O. The van der Waals surface area contributed by atoms with Gasteiger partial charge >= 0.3 is 6.18 Å². The maximum absolute atomic E-state index is 12.9. The molecule has 5 nitrogen and oxygen atoms in total. The van der Waals surface area contributed by atoms with Crippen molar-refractivity contribution in [2.45, 2.75) is 20.0 Å². The minimum absolute atomic E-state index is 0.0471. The van der Waals surface area contributed by atoms with Crippen molar-refractivity contribution >= 4 is 11.7 Å². The van der Waals surface area contributed by atoms with Crippen molar-refractivity contribution in [1.29, 1.82) is 0 Å². The van der Waals surface area contributed by atoms with Crippen LogP contribution in [0.2, 0.25) is 0 Å². The van der Waals surface area contributed by atoms with E-state index in [4.69, 9.17) is 0 Å². The molecule has 0 spiro atoms. The summed E-state index contributed by atoms with van der Waals surface area (Å²) in [6.45, 7) is 5.94. The molecule has 8 heteroatoms. The fraction of sp³-hybridized carbons (Fsp3) is 0.292. The molecule has 0 unspecified atom stereocenters. The van der Waals surface area contributed by atoms with Gasteiger partial charge in [-0.3, -0.25) is 4.79 Å². The number of anilines is 1. The summed E-state index contributed by atoms with van der Waals surface area (Å²) in [4.78, 5) is 16.3. The predicted octanol–water partition coefficient (Wildman–Crippen LogP) is 4.74. The van der Waals surface area contributed by atoms with Crippen LogP contribution in [0.4, 0.5) is 19.0 Å². The quantitative estimate of drug-likeness (QED) is 0.590. The number of piperazine rings is 1. The summed E-state index contributed by atoms with van der Waals surface area (Å²) in [7, 11) is 0. The molecule has 4 rings (SSSR count). The molecule has 1 saturated heterocycles. The van der Waals surface area contributed by atoms with Gasteiger partial charge in [-0.05, 0) is 49.7 Å². The number of halogens is 3. The van der Waals surface area contributed by atoms with E-state index < -0.39 is 17.6 Å². The number of carbonyl (C=O) groups excluding carboxylic acids is 1. The summed E-state index contributed by atoms with van der Waals surface area (Å²) >= 11 is 0. The van der Waals surface area contributed by atoms with Crippen LogP contribution >= 0.6 is 0 Å². The molecular weight excluding hydrogens is 417 g/mol. The van der Waals surface area contributed by atoms with E-state index in [1.54, 1.807) is 4.90 Å². The molecule has 2 heterocycles. The Kier molecular flexibility index (Phi) is 5.86. The molecule has 0 aliphatic carbocycles. The SMILES string of the molecule is Cc1ccc(-c2ccc(N3CCN(C(=O)c4cccc(C(F)(F)F)c4)CC3)nn2)c(C)c1. The summed E-state index contributed by atoms with van der Waals surface area (Å²) in [5, 5.41) is 8.73. The molecule has 0 N–H and O–H groups in total. The monoisotopic (exact) mass is 440 g/mol. The lowest BCUT2D eigenvalue weighted by molar-refractivity contribution is -0.137. The van der Waals surface area contributed by atoms with Gasteiger partial charge in [0.15, 0.2) is 5.82 Å². The molecule has 32 heavy (non-hydrogen) atoms. The average Bonchev–Trinajstić information content (AvgIpc) is 2.78. The van der Waals surface area contributed by atoms with Crippen LogP contribution in [-0.4, -0.2) is 47.2 Å². The molecule has 166 valence electrons. The Hall–Kier alpha value is -3.42. The van der Waals surface area contributed by atoms with Crippen molar-refractivity contribution in [3.63, 3.8) is 0 Å². The first kappa shape index (κ1) is 21.8. The minimum atomic E-state index is -4.48. The number of benzene rings is 2. The van der Waals surface area contributed by atoms with Crippen LogP contribution in [0, 0.1) is 13.8 Å². The fourth-order valence-corrected chi connectivity index (χ4v) is 3.89. The van der Waals surface area contributed by atoms with Crippen molar-refractivity contribution in [3.8, 4) is 11.3 Å². The summed E-state index contributed by atoms with van der Waals surface area (Å²) < 4.78 is 38.8. The third-order valence-corrected chi connectivity index (χ3v) is 5.64. The van der Waals surface area contributed by atoms with Gasteiger partial charge in [-0.25, -0.2) is 0 Å². The van der Waals surface area contributed by atoms with Gasteiger partial charge in [0.1, 0.15) is 0 Å². The second kappa shape index (κ2) is 8.61. The van der Waals surface area contributed by atoms with Crippen LogP contribution in [0.25, 0.3) is 11.3 Å². The normalized spacial score (nSPS) is 14.5. The molecule has 0 radical (unpaired) electrons. The molecule has 2 aromatic carbocycles. The fourth-order valence-electron chi connectivity index (χ4n) is 3.89. The number of alkyl halides is 3.